The van der Waals surface area contributed by atoms with E-state index >= 15 is 0 Å². The van der Waals surface area contributed by atoms with Gasteiger partial charge >= 0.3 is 0 Å². The van der Waals surface area contributed by atoms with E-state index < -0.39 is 11.7 Å². The average molecular weight is 183 g/mol. The molecule has 11 heavy (non-hydrogen) atoms. The first-order valence-corrected chi connectivity index (χ1v) is 4.18. The fraction of sp³-hybridized carbons (Fsp3) is 1.00. The van der Waals surface area contributed by atoms with Crippen LogP contribution in [0.15, 0.2) is 0 Å². The summed E-state index contributed by atoms with van der Waals surface area (Å²) in [5, 5.41) is 8.19. The standard InChI is InChI=1S/C7H15ClO3/c1-3-10-7(11-4-2)6(8)5-9/h6-7,9H,3-5H2,1-2H3. The fourth-order valence-electron chi connectivity index (χ4n) is 0.672. The molecule has 0 aliphatic rings. The minimum atomic E-state index is -0.489. The summed E-state index contributed by atoms with van der Waals surface area (Å²) < 4.78 is 10.2. The van der Waals surface area contributed by atoms with Gasteiger partial charge in [-0.25, -0.2) is 0 Å². The van der Waals surface area contributed by atoms with E-state index in [0.29, 0.717) is 13.2 Å². The number of rotatable bonds is 6. The minimum Gasteiger partial charge on any atom is -0.395 e. The maximum Gasteiger partial charge on any atom is 0.175 e. The normalized spacial score (nSPS) is 13.9. The van der Waals surface area contributed by atoms with Crippen molar-refractivity contribution < 1.29 is 14.6 Å². The van der Waals surface area contributed by atoms with Crippen LogP contribution in [-0.2, 0) is 9.47 Å². The molecule has 0 saturated heterocycles. The molecule has 0 aromatic carbocycles. The molecule has 0 aromatic heterocycles. The second-order valence-electron chi connectivity index (χ2n) is 1.98. The van der Waals surface area contributed by atoms with Crippen molar-refractivity contribution in [2.24, 2.45) is 0 Å². The van der Waals surface area contributed by atoms with Crippen LogP contribution in [0.2, 0.25) is 0 Å². The summed E-state index contributed by atoms with van der Waals surface area (Å²) in [6.45, 7) is 4.65. The van der Waals surface area contributed by atoms with Gasteiger partial charge < -0.3 is 14.6 Å². The van der Waals surface area contributed by atoms with Crippen molar-refractivity contribution >= 4 is 11.6 Å². The minimum absolute atomic E-state index is 0.133. The SMILES string of the molecule is CCOC(OCC)C(Cl)CO. The Labute approximate surface area is 72.3 Å². The van der Waals surface area contributed by atoms with Gasteiger partial charge in [-0.05, 0) is 13.8 Å². The van der Waals surface area contributed by atoms with Crippen LogP contribution in [0.25, 0.3) is 0 Å². The van der Waals surface area contributed by atoms with Gasteiger partial charge in [0.25, 0.3) is 0 Å². The molecule has 0 bridgehead atoms. The lowest BCUT2D eigenvalue weighted by atomic mass is 10.4. The first kappa shape index (κ1) is 11.2. The van der Waals surface area contributed by atoms with Crippen LogP contribution in [0, 0.1) is 0 Å². The molecule has 0 rings (SSSR count). The zero-order valence-electron chi connectivity index (χ0n) is 6.92. The first-order valence-electron chi connectivity index (χ1n) is 3.74. The Balaban J connectivity index is 3.66. The molecule has 3 nitrogen and oxygen atoms in total. The van der Waals surface area contributed by atoms with Crippen molar-refractivity contribution in [3.63, 3.8) is 0 Å². The van der Waals surface area contributed by atoms with Gasteiger partial charge in [0.05, 0.1) is 6.61 Å². The molecule has 1 atom stereocenters. The molecule has 0 aliphatic carbocycles. The van der Waals surface area contributed by atoms with Crippen molar-refractivity contribution in [1.82, 2.24) is 0 Å². The van der Waals surface area contributed by atoms with Crippen molar-refractivity contribution in [3.8, 4) is 0 Å². The molecule has 1 unspecified atom stereocenters. The van der Waals surface area contributed by atoms with Gasteiger partial charge in [-0.3, -0.25) is 0 Å². The van der Waals surface area contributed by atoms with Crippen molar-refractivity contribution in [2.75, 3.05) is 19.8 Å². The molecule has 1 N–H and O–H groups in total. The van der Waals surface area contributed by atoms with Crippen molar-refractivity contribution in [2.45, 2.75) is 25.5 Å². The topological polar surface area (TPSA) is 38.7 Å². The summed E-state index contributed by atoms with van der Waals surface area (Å²) in [7, 11) is 0. The van der Waals surface area contributed by atoms with E-state index in [1.54, 1.807) is 0 Å². The van der Waals surface area contributed by atoms with E-state index in [2.05, 4.69) is 0 Å². The highest BCUT2D eigenvalue weighted by Gasteiger charge is 2.18. The predicted molar refractivity (Wildman–Crippen MR) is 43.8 cm³/mol. The summed E-state index contributed by atoms with van der Waals surface area (Å²) in [5.74, 6) is 0. The van der Waals surface area contributed by atoms with E-state index in [1.807, 2.05) is 13.8 Å². The van der Waals surface area contributed by atoms with E-state index in [9.17, 15) is 0 Å². The fourth-order valence-corrected chi connectivity index (χ4v) is 0.817. The zero-order valence-corrected chi connectivity index (χ0v) is 7.67. The summed E-state index contributed by atoms with van der Waals surface area (Å²) in [5.41, 5.74) is 0. The second kappa shape index (κ2) is 6.85. The van der Waals surface area contributed by atoms with Crippen LogP contribution >= 0.6 is 11.6 Å². The summed E-state index contributed by atoms with van der Waals surface area (Å²) in [4.78, 5) is 0. The van der Waals surface area contributed by atoms with E-state index in [4.69, 9.17) is 26.2 Å². The van der Waals surface area contributed by atoms with Gasteiger partial charge in [0.1, 0.15) is 5.38 Å². The van der Waals surface area contributed by atoms with Crippen LogP contribution in [0.5, 0.6) is 0 Å². The van der Waals surface area contributed by atoms with E-state index in [0.717, 1.165) is 0 Å². The van der Waals surface area contributed by atoms with Crippen LogP contribution in [-0.4, -0.2) is 36.6 Å². The highest BCUT2D eigenvalue weighted by atomic mass is 35.5. The number of halogens is 1. The molecular weight excluding hydrogens is 168 g/mol. The van der Waals surface area contributed by atoms with E-state index in [1.165, 1.54) is 0 Å². The van der Waals surface area contributed by atoms with Gasteiger partial charge in [-0.15, -0.1) is 11.6 Å². The Morgan fingerprint density at radius 1 is 1.27 bits per heavy atom. The van der Waals surface area contributed by atoms with Crippen LogP contribution in [0.4, 0.5) is 0 Å². The smallest absolute Gasteiger partial charge is 0.175 e. The average Bonchev–Trinajstić information content (AvgIpc) is 2.03. The lowest BCUT2D eigenvalue weighted by Gasteiger charge is -2.19. The number of aliphatic hydroxyl groups excluding tert-OH is 1. The Morgan fingerprint density at radius 2 is 1.73 bits per heavy atom. The molecule has 0 aromatic rings. The number of hydrogen-bond acceptors (Lipinski definition) is 3. The van der Waals surface area contributed by atoms with Crippen LogP contribution in [0.1, 0.15) is 13.8 Å². The third kappa shape index (κ3) is 4.58. The highest BCUT2D eigenvalue weighted by Crippen LogP contribution is 2.07. The third-order valence-corrected chi connectivity index (χ3v) is 1.48. The van der Waals surface area contributed by atoms with Crippen molar-refractivity contribution in [3.05, 3.63) is 0 Å². The Morgan fingerprint density at radius 3 is 2.00 bits per heavy atom. The molecule has 0 saturated carbocycles. The Hall–Kier alpha value is 0.170. The predicted octanol–water partition coefficient (Wildman–Crippen LogP) is 0.985. The van der Waals surface area contributed by atoms with Gasteiger partial charge in [-0.1, -0.05) is 0 Å². The van der Waals surface area contributed by atoms with Crippen LogP contribution < -0.4 is 0 Å². The zero-order chi connectivity index (χ0) is 8.69. The third-order valence-electron chi connectivity index (χ3n) is 1.13. The maximum absolute atomic E-state index is 8.67. The monoisotopic (exact) mass is 182 g/mol. The number of aliphatic hydroxyl groups is 1. The number of hydrogen-bond donors (Lipinski definition) is 1. The maximum atomic E-state index is 8.67. The lowest BCUT2D eigenvalue weighted by molar-refractivity contribution is -0.141. The van der Waals surface area contributed by atoms with Crippen LogP contribution in [0.3, 0.4) is 0 Å². The summed E-state index contributed by atoms with van der Waals surface area (Å²) >= 11 is 5.69. The molecule has 4 heteroatoms. The lowest BCUT2D eigenvalue weighted by Crippen LogP contribution is -2.30. The molecule has 0 aliphatic heterocycles. The molecule has 0 amide bonds. The van der Waals surface area contributed by atoms with Gasteiger partial charge in [0.15, 0.2) is 6.29 Å². The summed E-state index contributed by atoms with van der Waals surface area (Å²) in [6.07, 6.45) is -0.489. The molecule has 0 radical (unpaired) electrons. The number of alkyl halides is 1. The molecule has 0 fully saturated rings. The highest BCUT2D eigenvalue weighted by molar-refractivity contribution is 6.21. The molecule has 0 heterocycles. The Bertz CT molecular complexity index is 83.8. The Kier molecular flexibility index (Phi) is 6.96. The van der Waals surface area contributed by atoms with Gasteiger partial charge in [0, 0.05) is 13.2 Å². The molecule has 68 valence electrons. The van der Waals surface area contributed by atoms with Crippen molar-refractivity contribution in [1.29, 1.82) is 0 Å². The quantitative estimate of drug-likeness (QED) is 0.492. The number of ether oxygens (including phenoxy) is 2. The van der Waals surface area contributed by atoms with E-state index in [-0.39, 0.29) is 6.61 Å². The molecule has 0 spiro atoms. The van der Waals surface area contributed by atoms with Gasteiger partial charge in [0.2, 0.25) is 0 Å². The second-order valence-corrected chi connectivity index (χ2v) is 2.54. The largest absolute Gasteiger partial charge is 0.395 e. The molecular formula is C7H15ClO3. The first-order chi connectivity index (χ1) is 5.26. The van der Waals surface area contributed by atoms with Gasteiger partial charge in [-0.2, -0.15) is 0 Å². The summed E-state index contributed by atoms with van der Waals surface area (Å²) in [6, 6.07) is 0.